The van der Waals surface area contributed by atoms with Crippen LogP contribution in [0.5, 0.6) is 0 Å². The Bertz CT molecular complexity index is 3470. The quantitative estimate of drug-likeness (QED) is 0.107. The van der Waals surface area contributed by atoms with Crippen molar-refractivity contribution in [1.29, 1.82) is 0 Å². The smallest absolute Gasteiger partial charge is 0.120 e. The van der Waals surface area contributed by atoms with Crippen LogP contribution in [0.2, 0.25) is 19.6 Å². The number of aryl methyl sites for hydroxylation is 2. The Morgan fingerprint density at radius 1 is 0.735 bits per heavy atom. The van der Waals surface area contributed by atoms with E-state index < -0.39 is 14.9 Å². The van der Waals surface area contributed by atoms with E-state index >= 15 is 0 Å². The topological polar surface area (TPSA) is 56.7 Å². The molecule has 0 fully saturated rings. The summed E-state index contributed by atoms with van der Waals surface area (Å²) in [6, 6.07) is 54.0. The minimum atomic E-state index is -2.12. The van der Waals surface area contributed by atoms with Gasteiger partial charge in [-0.3, -0.25) is 9.97 Å². The van der Waals surface area contributed by atoms with Crippen molar-refractivity contribution >= 4 is 46.2 Å². The first-order valence-electron chi connectivity index (χ1n) is 24.8. The third-order valence-corrected chi connectivity index (χ3v) is 15.0. The van der Waals surface area contributed by atoms with E-state index in [1.54, 1.807) is 18.2 Å². The summed E-state index contributed by atoms with van der Waals surface area (Å²) in [6.07, 6.45) is 3.86. The molecule has 345 valence electrons. The van der Waals surface area contributed by atoms with Crippen LogP contribution < -0.4 is 5.19 Å². The fraction of sp³-hybridized carbons (Fsp3) is 0.230. The van der Waals surface area contributed by atoms with Gasteiger partial charge in [0.15, 0.2) is 0 Å². The predicted molar refractivity (Wildman–Crippen MR) is 284 cm³/mol. The Kier molecular flexibility index (Phi) is 12.6. The van der Waals surface area contributed by atoms with E-state index in [1.807, 2.05) is 42.7 Å². The van der Waals surface area contributed by atoms with Crippen LogP contribution in [0.25, 0.3) is 72.4 Å². The van der Waals surface area contributed by atoms with Crippen molar-refractivity contribution in [3.8, 4) is 39.5 Å². The van der Waals surface area contributed by atoms with E-state index in [-0.39, 0.29) is 37.4 Å². The zero-order valence-corrected chi connectivity index (χ0v) is 44.0. The molecule has 5 nitrogen and oxygen atoms in total. The molecule has 0 unspecified atom stereocenters. The van der Waals surface area contributed by atoms with E-state index in [9.17, 15) is 0 Å². The van der Waals surface area contributed by atoms with E-state index in [4.69, 9.17) is 23.5 Å². The number of rotatable bonds is 9. The molecule has 0 saturated carbocycles. The van der Waals surface area contributed by atoms with Gasteiger partial charge in [0, 0.05) is 53.1 Å². The molecule has 4 heterocycles. The van der Waals surface area contributed by atoms with E-state index in [0.29, 0.717) is 5.56 Å². The third-order valence-electron chi connectivity index (χ3n) is 13.0. The molecule has 6 aromatic carbocycles. The van der Waals surface area contributed by atoms with Crippen LogP contribution in [0, 0.1) is 25.9 Å². The van der Waals surface area contributed by atoms with Gasteiger partial charge in [0.1, 0.15) is 5.58 Å². The minimum Gasteiger partial charge on any atom is -0.501 e. The first-order valence-corrected chi connectivity index (χ1v) is 26.8. The SMILES string of the molecule is Cc1nccc2nc(-c3[c-]ccc4c3oc3ccccc34)n(-c3c(C(C)C)cc(-c4ccccc4)cc3C(C)C)c12.[2H]C([2H])([2H])c1c[c-]c(-c2cc(C(C)(C)c3ccccc3)c([Si](C)(C)C)cn2)cc1.[Ir]. The number of imidazole rings is 1. The fourth-order valence-corrected chi connectivity index (χ4v) is 11.0. The van der Waals surface area contributed by atoms with Crippen LogP contribution in [0.4, 0.5) is 0 Å². The van der Waals surface area contributed by atoms with Crippen LogP contribution >= 0.6 is 0 Å². The van der Waals surface area contributed by atoms with Crippen molar-refractivity contribution in [3.05, 3.63) is 198 Å². The molecule has 0 atom stereocenters. The molecule has 0 aliphatic heterocycles. The van der Waals surface area contributed by atoms with Crippen molar-refractivity contribution in [3.63, 3.8) is 0 Å². The standard InChI is InChI=1S/C37H32N3O.C24H28NSi.Ir/c1-22(2)30-20-26(25-12-7-6-8-13-25)21-31(23(3)4)35(30)40-34-24(5)38-19-18-32(34)39-37(40)29-16-11-15-28-27-14-9-10-17-33(27)41-36(28)29;1-18-12-14-19(15-13-18)22-16-21(23(17-25-22)26(4,5)6)24(2,3)20-10-8-7-9-11-20;/h6-15,17-23H,1-5H3;7-14,16-17H,1-6H3;/q2*-1;/i;1D3;. The molecular formula is C61H60IrN4OSi-2. The monoisotopic (exact) mass is 1090 g/mol. The van der Waals surface area contributed by atoms with E-state index in [1.165, 1.54) is 44.3 Å². The second kappa shape index (κ2) is 19.4. The minimum absolute atomic E-state index is 0. The number of aromatic nitrogens is 4. The molecule has 1 radical (unpaired) electrons. The molecule has 68 heavy (non-hydrogen) atoms. The van der Waals surface area contributed by atoms with Gasteiger partial charge in [0.25, 0.3) is 0 Å². The summed E-state index contributed by atoms with van der Waals surface area (Å²) in [6.45, 7) is 20.6. The second-order valence-corrected chi connectivity index (χ2v) is 24.8. The molecule has 10 aromatic rings. The molecule has 0 spiro atoms. The van der Waals surface area contributed by atoms with Gasteiger partial charge in [-0.1, -0.05) is 164 Å². The number of furan rings is 1. The van der Waals surface area contributed by atoms with E-state index in [0.717, 1.165) is 61.3 Å². The summed E-state index contributed by atoms with van der Waals surface area (Å²) in [5, 5.41) is 3.50. The van der Waals surface area contributed by atoms with Gasteiger partial charge >= 0.3 is 0 Å². The van der Waals surface area contributed by atoms with Crippen LogP contribution in [-0.4, -0.2) is 27.6 Å². The number of benzene rings is 6. The fourth-order valence-electron chi connectivity index (χ4n) is 9.35. The Morgan fingerprint density at radius 2 is 1.41 bits per heavy atom. The van der Waals surface area contributed by atoms with Crippen LogP contribution in [0.15, 0.2) is 156 Å². The van der Waals surface area contributed by atoms with Crippen LogP contribution in [-0.2, 0) is 25.5 Å². The molecular weight excluding hydrogens is 1030 g/mol. The maximum Gasteiger partial charge on any atom is 0.120 e. The van der Waals surface area contributed by atoms with Crippen molar-refractivity contribution in [2.45, 2.75) is 92.2 Å². The summed E-state index contributed by atoms with van der Waals surface area (Å²) in [7, 11) is -1.63. The maximum absolute atomic E-state index is 7.56. The Hall–Kier alpha value is -6.24. The molecule has 0 aliphatic carbocycles. The maximum atomic E-state index is 7.56. The Morgan fingerprint density at radius 3 is 2.06 bits per heavy atom. The van der Waals surface area contributed by atoms with Gasteiger partial charge in [-0.2, -0.15) is 0 Å². The average Bonchev–Trinajstić information content (AvgIpc) is 3.93. The normalized spacial score (nSPS) is 12.7. The second-order valence-electron chi connectivity index (χ2n) is 19.8. The van der Waals surface area contributed by atoms with Gasteiger partial charge in [0.05, 0.1) is 36.2 Å². The van der Waals surface area contributed by atoms with E-state index in [2.05, 4.69) is 176 Å². The predicted octanol–water partition coefficient (Wildman–Crippen LogP) is 15.7. The van der Waals surface area contributed by atoms with Gasteiger partial charge in [0.2, 0.25) is 0 Å². The van der Waals surface area contributed by atoms with Crippen molar-refractivity contribution in [2.75, 3.05) is 0 Å². The number of fused-ring (bicyclic) bond motifs is 4. The number of hydrogen-bond acceptors (Lipinski definition) is 4. The summed E-state index contributed by atoms with van der Waals surface area (Å²) < 4.78 is 31.5. The summed E-state index contributed by atoms with van der Waals surface area (Å²) >= 11 is 0. The summed E-state index contributed by atoms with van der Waals surface area (Å²) in [5.41, 5.74) is 15.8. The first-order chi connectivity index (χ1) is 33.3. The van der Waals surface area contributed by atoms with Crippen LogP contribution in [0.3, 0.4) is 0 Å². The summed E-state index contributed by atoms with van der Waals surface area (Å²) in [4.78, 5) is 14.7. The zero-order valence-electron chi connectivity index (χ0n) is 43.6. The van der Waals surface area contributed by atoms with Crippen LogP contribution in [0.1, 0.15) is 91.0 Å². The molecule has 0 saturated heterocycles. The Balaban J connectivity index is 0.000000200. The van der Waals surface area contributed by atoms with Gasteiger partial charge in [-0.25, -0.2) is 0 Å². The number of hydrogen-bond donors (Lipinski definition) is 0. The van der Waals surface area contributed by atoms with Crippen molar-refractivity contribution < 1.29 is 28.6 Å². The van der Waals surface area contributed by atoms with Gasteiger partial charge in [-0.15, -0.1) is 53.6 Å². The largest absolute Gasteiger partial charge is 0.501 e. The molecule has 0 amide bonds. The molecule has 0 N–H and O–H groups in total. The molecule has 7 heteroatoms. The molecule has 10 rings (SSSR count). The van der Waals surface area contributed by atoms with Crippen molar-refractivity contribution in [2.24, 2.45) is 0 Å². The average molecular weight is 1090 g/mol. The van der Waals surface area contributed by atoms with Gasteiger partial charge in [-0.05, 0) is 87.3 Å². The first kappa shape index (κ1) is 44.3. The third kappa shape index (κ3) is 9.20. The molecule has 0 aliphatic rings. The number of pyridine rings is 2. The molecule has 0 bridgehead atoms. The summed E-state index contributed by atoms with van der Waals surface area (Å²) in [5.74, 6) is 1.37. The molecule has 4 aromatic heterocycles. The number of nitrogens with zero attached hydrogens (tertiary/aromatic N) is 4. The Labute approximate surface area is 421 Å². The number of para-hydroxylation sites is 1. The van der Waals surface area contributed by atoms with Gasteiger partial charge < -0.3 is 14.0 Å². The van der Waals surface area contributed by atoms with Crippen molar-refractivity contribution in [1.82, 2.24) is 19.5 Å². The zero-order chi connectivity index (χ0) is 49.7.